The lowest BCUT2D eigenvalue weighted by Crippen LogP contribution is -2.40. The molecule has 2 aromatic heterocycles. The third kappa shape index (κ3) is 4.02. The molecule has 28 heavy (non-hydrogen) atoms. The second kappa shape index (κ2) is 7.52. The van der Waals surface area contributed by atoms with Crippen molar-refractivity contribution in [3.63, 3.8) is 0 Å². The molecular formula is C20H20N2O4S2. The Morgan fingerprint density at radius 3 is 2.71 bits per heavy atom. The number of rotatable bonds is 5. The van der Waals surface area contributed by atoms with Crippen molar-refractivity contribution < 1.29 is 17.7 Å². The second-order valence-corrected chi connectivity index (χ2v) is 10.3. The molecule has 1 aromatic carbocycles. The van der Waals surface area contributed by atoms with E-state index in [9.17, 15) is 13.2 Å². The summed E-state index contributed by atoms with van der Waals surface area (Å²) in [6, 6.07) is 12.9. The van der Waals surface area contributed by atoms with Gasteiger partial charge >= 0.3 is 0 Å². The van der Waals surface area contributed by atoms with Crippen molar-refractivity contribution in [1.82, 2.24) is 10.1 Å². The Bertz CT molecular complexity index is 1070. The van der Waals surface area contributed by atoms with Crippen LogP contribution in [0.5, 0.6) is 0 Å². The standard InChI is InChI=1S/C20H20N2O4S2/c1-14-4-6-15(7-5-14)18-11-19(26-21-18)20(23)22(12-17-3-2-9-27-17)16-8-10-28(24,25)13-16/h2-7,9,11,16H,8,10,12-13H2,1H3. The quantitative estimate of drug-likeness (QED) is 0.635. The summed E-state index contributed by atoms with van der Waals surface area (Å²) < 4.78 is 29.2. The highest BCUT2D eigenvalue weighted by atomic mass is 32.2. The van der Waals surface area contributed by atoms with Gasteiger partial charge in [0.05, 0.1) is 18.1 Å². The molecule has 0 spiro atoms. The van der Waals surface area contributed by atoms with E-state index in [1.54, 1.807) is 11.0 Å². The number of aromatic nitrogens is 1. The number of carbonyl (C=O) groups excluding carboxylic acids is 1. The van der Waals surface area contributed by atoms with E-state index in [0.29, 0.717) is 18.7 Å². The van der Waals surface area contributed by atoms with Crippen LogP contribution < -0.4 is 0 Å². The van der Waals surface area contributed by atoms with Gasteiger partial charge in [-0.2, -0.15) is 0 Å². The smallest absolute Gasteiger partial charge is 0.293 e. The van der Waals surface area contributed by atoms with Gasteiger partial charge in [0.2, 0.25) is 5.76 Å². The molecule has 1 aliphatic rings. The minimum Gasteiger partial charge on any atom is -0.350 e. The largest absolute Gasteiger partial charge is 0.350 e. The summed E-state index contributed by atoms with van der Waals surface area (Å²) in [6.07, 6.45) is 0.443. The van der Waals surface area contributed by atoms with E-state index in [0.717, 1.165) is 16.0 Å². The number of hydrogen-bond acceptors (Lipinski definition) is 6. The third-order valence-electron chi connectivity index (χ3n) is 4.88. The van der Waals surface area contributed by atoms with Gasteiger partial charge in [-0.15, -0.1) is 11.3 Å². The fraction of sp³-hybridized carbons (Fsp3) is 0.300. The molecule has 0 bridgehead atoms. The lowest BCUT2D eigenvalue weighted by molar-refractivity contribution is 0.0640. The highest BCUT2D eigenvalue weighted by Gasteiger charge is 2.36. The number of amides is 1. The molecule has 0 aliphatic carbocycles. The van der Waals surface area contributed by atoms with Gasteiger partial charge in [-0.25, -0.2) is 8.42 Å². The van der Waals surface area contributed by atoms with Crippen molar-refractivity contribution in [2.24, 2.45) is 0 Å². The zero-order valence-electron chi connectivity index (χ0n) is 15.4. The molecular weight excluding hydrogens is 396 g/mol. The number of hydrogen-bond donors (Lipinski definition) is 0. The van der Waals surface area contributed by atoms with Crippen LogP contribution in [-0.4, -0.2) is 41.9 Å². The van der Waals surface area contributed by atoms with Gasteiger partial charge in [-0.1, -0.05) is 41.1 Å². The zero-order valence-corrected chi connectivity index (χ0v) is 17.0. The second-order valence-electron chi connectivity index (χ2n) is 7.01. The molecule has 0 N–H and O–H groups in total. The first kappa shape index (κ1) is 18.9. The average Bonchev–Trinajstić information content (AvgIpc) is 3.40. The summed E-state index contributed by atoms with van der Waals surface area (Å²) >= 11 is 1.54. The maximum atomic E-state index is 13.2. The van der Waals surface area contributed by atoms with E-state index >= 15 is 0 Å². The summed E-state index contributed by atoms with van der Waals surface area (Å²) in [4.78, 5) is 15.8. The maximum Gasteiger partial charge on any atom is 0.293 e. The molecule has 1 amide bonds. The molecule has 1 fully saturated rings. The van der Waals surface area contributed by atoms with E-state index in [4.69, 9.17) is 4.52 Å². The van der Waals surface area contributed by atoms with Crippen LogP contribution in [0.15, 0.2) is 52.4 Å². The van der Waals surface area contributed by atoms with Crippen molar-refractivity contribution in [2.75, 3.05) is 11.5 Å². The zero-order chi connectivity index (χ0) is 19.7. The van der Waals surface area contributed by atoms with Gasteiger partial charge in [-0.3, -0.25) is 4.79 Å². The third-order valence-corrected chi connectivity index (χ3v) is 7.50. The Hall–Kier alpha value is -2.45. The van der Waals surface area contributed by atoms with Crippen LogP contribution in [0.25, 0.3) is 11.3 Å². The fourth-order valence-corrected chi connectivity index (χ4v) is 5.77. The van der Waals surface area contributed by atoms with E-state index in [2.05, 4.69) is 5.16 Å². The van der Waals surface area contributed by atoms with Crippen molar-refractivity contribution in [1.29, 1.82) is 0 Å². The Morgan fingerprint density at radius 1 is 1.29 bits per heavy atom. The number of nitrogens with zero attached hydrogens (tertiary/aromatic N) is 2. The van der Waals surface area contributed by atoms with E-state index < -0.39 is 9.84 Å². The van der Waals surface area contributed by atoms with Gasteiger partial charge in [0.25, 0.3) is 5.91 Å². The molecule has 1 aliphatic heterocycles. The van der Waals surface area contributed by atoms with Crippen LogP contribution in [0.4, 0.5) is 0 Å². The van der Waals surface area contributed by atoms with E-state index in [1.807, 2.05) is 48.7 Å². The number of aryl methyl sites for hydroxylation is 1. The number of sulfone groups is 1. The van der Waals surface area contributed by atoms with Crippen molar-refractivity contribution in [2.45, 2.75) is 25.9 Å². The Morgan fingerprint density at radius 2 is 2.07 bits per heavy atom. The van der Waals surface area contributed by atoms with Gasteiger partial charge in [-0.05, 0) is 24.8 Å². The summed E-state index contributed by atoms with van der Waals surface area (Å²) in [6.45, 7) is 2.36. The van der Waals surface area contributed by atoms with Crippen LogP contribution in [0.3, 0.4) is 0 Å². The molecule has 3 heterocycles. The minimum absolute atomic E-state index is 0.0108. The van der Waals surface area contributed by atoms with Crippen LogP contribution in [-0.2, 0) is 16.4 Å². The van der Waals surface area contributed by atoms with Crippen molar-refractivity contribution in [3.05, 3.63) is 64.0 Å². The Labute approximate surface area is 167 Å². The topological polar surface area (TPSA) is 80.5 Å². The molecule has 0 saturated carbocycles. The first-order valence-electron chi connectivity index (χ1n) is 8.99. The van der Waals surface area contributed by atoms with Crippen LogP contribution >= 0.6 is 11.3 Å². The molecule has 1 unspecified atom stereocenters. The van der Waals surface area contributed by atoms with Gasteiger partial charge in [0.15, 0.2) is 9.84 Å². The lowest BCUT2D eigenvalue weighted by Gasteiger charge is -2.26. The molecule has 146 valence electrons. The summed E-state index contributed by atoms with van der Waals surface area (Å²) in [5.74, 6) is -0.113. The summed E-state index contributed by atoms with van der Waals surface area (Å²) in [7, 11) is -3.11. The highest BCUT2D eigenvalue weighted by molar-refractivity contribution is 7.91. The SMILES string of the molecule is Cc1ccc(-c2cc(C(=O)N(Cc3cccs3)C3CCS(=O)(=O)C3)on2)cc1. The number of carbonyl (C=O) groups is 1. The maximum absolute atomic E-state index is 13.2. The number of benzene rings is 1. The predicted octanol–water partition coefficient (Wildman–Crippen LogP) is 3.54. The Balaban J connectivity index is 1.61. The summed E-state index contributed by atoms with van der Waals surface area (Å²) in [5.41, 5.74) is 2.58. The fourth-order valence-electron chi connectivity index (χ4n) is 3.34. The van der Waals surface area contributed by atoms with Gasteiger partial charge < -0.3 is 9.42 Å². The first-order valence-corrected chi connectivity index (χ1v) is 11.7. The normalized spacial score (nSPS) is 18.2. The molecule has 6 nitrogen and oxygen atoms in total. The predicted molar refractivity (Wildman–Crippen MR) is 108 cm³/mol. The minimum atomic E-state index is -3.11. The van der Waals surface area contributed by atoms with E-state index in [1.165, 1.54) is 11.3 Å². The Kier molecular flexibility index (Phi) is 5.07. The summed E-state index contributed by atoms with van der Waals surface area (Å²) in [5, 5.41) is 5.97. The van der Waals surface area contributed by atoms with Crippen molar-refractivity contribution >= 4 is 27.1 Å². The first-order chi connectivity index (χ1) is 13.4. The van der Waals surface area contributed by atoms with Crippen LogP contribution in [0.1, 0.15) is 27.4 Å². The lowest BCUT2D eigenvalue weighted by atomic mass is 10.1. The molecule has 1 atom stereocenters. The van der Waals surface area contributed by atoms with Crippen LogP contribution in [0.2, 0.25) is 0 Å². The molecule has 1 saturated heterocycles. The molecule has 8 heteroatoms. The van der Waals surface area contributed by atoms with Gasteiger partial charge in [0.1, 0.15) is 5.69 Å². The molecule has 4 rings (SSSR count). The van der Waals surface area contributed by atoms with Gasteiger partial charge in [0, 0.05) is 22.5 Å². The average molecular weight is 417 g/mol. The monoisotopic (exact) mass is 416 g/mol. The highest BCUT2D eigenvalue weighted by Crippen LogP contribution is 2.26. The van der Waals surface area contributed by atoms with Crippen molar-refractivity contribution in [3.8, 4) is 11.3 Å². The molecule has 3 aromatic rings. The number of thiophene rings is 1. The van der Waals surface area contributed by atoms with E-state index in [-0.39, 0.29) is 29.2 Å². The molecule has 0 radical (unpaired) electrons. The van der Waals surface area contributed by atoms with Crippen LogP contribution in [0, 0.1) is 6.92 Å².